The van der Waals surface area contributed by atoms with Crippen LogP contribution in [0.2, 0.25) is 5.02 Å². The molecule has 0 aromatic heterocycles. The lowest BCUT2D eigenvalue weighted by Crippen LogP contribution is -2.15. The Kier molecular flexibility index (Phi) is 4.77. The molecule has 22 heavy (non-hydrogen) atoms. The summed E-state index contributed by atoms with van der Waals surface area (Å²) in [5.41, 5.74) is -1.53. The first-order valence-corrected chi connectivity index (χ1v) is 6.99. The lowest BCUT2D eigenvalue weighted by atomic mass is 10.1. The van der Waals surface area contributed by atoms with E-state index in [0.717, 1.165) is 12.1 Å². The van der Waals surface area contributed by atoms with E-state index < -0.39 is 28.5 Å². The number of halogens is 6. The molecule has 0 aliphatic rings. The van der Waals surface area contributed by atoms with Gasteiger partial charge in [0.2, 0.25) is 0 Å². The third kappa shape index (κ3) is 3.59. The molecule has 2 nitrogen and oxygen atoms in total. The number of hydrogen-bond donors (Lipinski definition) is 1. The van der Waals surface area contributed by atoms with Crippen LogP contribution in [-0.4, -0.2) is 5.91 Å². The van der Waals surface area contributed by atoms with Crippen LogP contribution >= 0.6 is 27.5 Å². The van der Waals surface area contributed by atoms with Gasteiger partial charge in [0.15, 0.2) is 0 Å². The van der Waals surface area contributed by atoms with E-state index in [2.05, 4.69) is 21.2 Å². The number of carbonyl (C=O) groups is 1. The van der Waals surface area contributed by atoms with Crippen molar-refractivity contribution in [1.82, 2.24) is 0 Å². The Hall–Kier alpha value is -1.60. The van der Waals surface area contributed by atoms with Crippen molar-refractivity contribution >= 4 is 39.1 Å². The van der Waals surface area contributed by atoms with Crippen LogP contribution in [0.4, 0.5) is 23.2 Å². The van der Waals surface area contributed by atoms with Crippen LogP contribution in [0.25, 0.3) is 0 Å². The van der Waals surface area contributed by atoms with Crippen LogP contribution in [0.3, 0.4) is 0 Å². The van der Waals surface area contributed by atoms with Crippen molar-refractivity contribution in [2.45, 2.75) is 6.18 Å². The summed E-state index contributed by atoms with van der Waals surface area (Å²) in [6.07, 6.45) is -4.66. The van der Waals surface area contributed by atoms with Crippen LogP contribution in [0.5, 0.6) is 0 Å². The van der Waals surface area contributed by atoms with Gasteiger partial charge < -0.3 is 5.32 Å². The fourth-order valence-electron chi connectivity index (χ4n) is 1.73. The molecule has 8 heteroatoms. The van der Waals surface area contributed by atoms with Gasteiger partial charge in [-0.2, -0.15) is 13.2 Å². The average molecular weight is 397 g/mol. The minimum Gasteiger partial charge on any atom is -0.322 e. The maximum Gasteiger partial charge on any atom is 0.417 e. The number of anilines is 1. The Bertz CT molecular complexity index is 713. The molecule has 0 aliphatic carbocycles. The molecule has 0 bridgehead atoms. The Morgan fingerprint density at radius 1 is 1.18 bits per heavy atom. The van der Waals surface area contributed by atoms with E-state index in [-0.39, 0.29) is 15.7 Å². The minimum atomic E-state index is -4.66. The highest BCUT2D eigenvalue weighted by Crippen LogP contribution is 2.36. The first-order valence-electron chi connectivity index (χ1n) is 5.82. The summed E-state index contributed by atoms with van der Waals surface area (Å²) in [5.74, 6) is -1.67. The van der Waals surface area contributed by atoms with Gasteiger partial charge in [0.1, 0.15) is 5.82 Å². The summed E-state index contributed by atoms with van der Waals surface area (Å²) in [6, 6.07) is 6.81. The first-order chi connectivity index (χ1) is 10.2. The highest BCUT2D eigenvalue weighted by molar-refractivity contribution is 9.10. The summed E-state index contributed by atoms with van der Waals surface area (Å²) in [7, 11) is 0. The first kappa shape index (κ1) is 16.8. The van der Waals surface area contributed by atoms with E-state index >= 15 is 0 Å². The predicted molar refractivity (Wildman–Crippen MR) is 78.5 cm³/mol. The highest BCUT2D eigenvalue weighted by atomic mass is 79.9. The molecular formula is C14H7BrClF4NO. The monoisotopic (exact) mass is 395 g/mol. The van der Waals surface area contributed by atoms with Gasteiger partial charge in [-0.05, 0) is 46.3 Å². The summed E-state index contributed by atoms with van der Waals surface area (Å²) in [5, 5.41) is 1.72. The molecule has 2 aromatic rings. The van der Waals surface area contributed by atoms with Crippen LogP contribution in [-0.2, 0) is 6.18 Å². The standard InChI is InChI=1S/C14H7BrClF4NO/c15-9-2-1-3-11(17)12(9)13(22)21-7-4-5-10(16)8(6-7)14(18,19)20/h1-6H,(H,21,22). The molecule has 0 radical (unpaired) electrons. The maximum atomic E-state index is 13.6. The number of alkyl halides is 3. The molecule has 0 saturated heterocycles. The second-order valence-electron chi connectivity index (χ2n) is 4.24. The van der Waals surface area contributed by atoms with Gasteiger partial charge in [0, 0.05) is 10.2 Å². The summed E-state index contributed by atoms with van der Waals surface area (Å²) < 4.78 is 52.1. The molecule has 2 rings (SSSR count). The molecule has 116 valence electrons. The molecule has 0 fully saturated rings. The van der Waals surface area contributed by atoms with Crippen molar-refractivity contribution in [2.24, 2.45) is 0 Å². The van der Waals surface area contributed by atoms with Crippen molar-refractivity contribution in [3.8, 4) is 0 Å². The Labute approximate surface area is 136 Å². The molecule has 0 aliphatic heterocycles. The van der Waals surface area contributed by atoms with Gasteiger partial charge in [-0.25, -0.2) is 4.39 Å². The van der Waals surface area contributed by atoms with Crippen molar-refractivity contribution < 1.29 is 22.4 Å². The SMILES string of the molecule is O=C(Nc1ccc(Cl)c(C(F)(F)F)c1)c1c(F)cccc1Br. The average Bonchev–Trinajstić information content (AvgIpc) is 2.39. The Balaban J connectivity index is 2.34. The van der Waals surface area contributed by atoms with Crippen LogP contribution in [0.15, 0.2) is 40.9 Å². The van der Waals surface area contributed by atoms with E-state index in [0.29, 0.717) is 6.07 Å². The molecule has 0 unspecified atom stereocenters. The van der Waals surface area contributed by atoms with Gasteiger partial charge in [-0.1, -0.05) is 17.7 Å². The normalized spacial score (nSPS) is 11.4. The van der Waals surface area contributed by atoms with Gasteiger partial charge in [0.05, 0.1) is 16.1 Å². The van der Waals surface area contributed by atoms with Crippen molar-refractivity contribution in [2.75, 3.05) is 5.32 Å². The zero-order valence-corrected chi connectivity index (χ0v) is 13.0. The number of benzene rings is 2. The molecule has 0 atom stereocenters. The molecule has 2 aromatic carbocycles. The summed E-state index contributed by atoms with van der Waals surface area (Å²) >= 11 is 8.50. The zero-order chi connectivity index (χ0) is 16.5. The highest BCUT2D eigenvalue weighted by Gasteiger charge is 2.33. The van der Waals surface area contributed by atoms with E-state index in [9.17, 15) is 22.4 Å². The maximum absolute atomic E-state index is 13.6. The topological polar surface area (TPSA) is 29.1 Å². The second-order valence-corrected chi connectivity index (χ2v) is 5.50. The number of carbonyl (C=O) groups excluding carboxylic acids is 1. The number of rotatable bonds is 2. The molecule has 1 amide bonds. The summed E-state index contributed by atoms with van der Waals surface area (Å²) in [6.45, 7) is 0. The smallest absolute Gasteiger partial charge is 0.322 e. The Morgan fingerprint density at radius 2 is 1.86 bits per heavy atom. The molecule has 0 heterocycles. The lowest BCUT2D eigenvalue weighted by molar-refractivity contribution is -0.137. The van der Waals surface area contributed by atoms with Crippen LogP contribution < -0.4 is 5.32 Å². The van der Waals surface area contributed by atoms with Crippen molar-refractivity contribution in [3.63, 3.8) is 0 Å². The third-order valence-corrected chi connectivity index (χ3v) is 3.71. The van der Waals surface area contributed by atoms with E-state index in [1.54, 1.807) is 0 Å². The number of nitrogens with one attached hydrogen (secondary N) is 1. The Morgan fingerprint density at radius 3 is 2.45 bits per heavy atom. The summed E-state index contributed by atoms with van der Waals surface area (Å²) in [4.78, 5) is 12.0. The largest absolute Gasteiger partial charge is 0.417 e. The van der Waals surface area contributed by atoms with Gasteiger partial charge in [0.25, 0.3) is 5.91 Å². The fraction of sp³-hybridized carbons (Fsp3) is 0.0714. The predicted octanol–water partition coefficient (Wildman–Crippen LogP) is 5.51. The van der Waals surface area contributed by atoms with E-state index in [4.69, 9.17) is 11.6 Å². The number of hydrogen-bond acceptors (Lipinski definition) is 1. The third-order valence-electron chi connectivity index (χ3n) is 2.72. The van der Waals surface area contributed by atoms with E-state index in [1.807, 2.05) is 0 Å². The van der Waals surface area contributed by atoms with Gasteiger partial charge in [-0.15, -0.1) is 0 Å². The number of amides is 1. The molecular weight excluding hydrogens is 390 g/mol. The quantitative estimate of drug-likeness (QED) is 0.666. The zero-order valence-electron chi connectivity index (χ0n) is 10.6. The molecule has 1 N–H and O–H groups in total. The lowest BCUT2D eigenvalue weighted by Gasteiger charge is -2.12. The van der Waals surface area contributed by atoms with Crippen molar-refractivity contribution in [1.29, 1.82) is 0 Å². The van der Waals surface area contributed by atoms with Gasteiger partial charge >= 0.3 is 6.18 Å². The van der Waals surface area contributed by atoms with Crippen LogP contribution in [0.1, 0.15) is 15.9 Å². The fourth-order valence-corrected chi connectivity index (χ4v) is 2.48. The molecule has 0 spiro atoms. The van der Waals surface area contributed by atoms with Crippen LogP contribution in [0, 0.1) is 5.82 Å². The van der Waals surface area contributed by atoms with Gasteiger partial charge in [-0.3, -0.25) is 4.79 Å². The minimum absolute atomic E-state index is 0.142. The van der Waals surface area contributed by atoms with Crippen molar-refractivity contribution in [3.05, 3.63) is 62.8 Å². The second kappa shape index (κ2) is 6.26. The van der Waals surface area contributed by atoms with E-state index in [1.165, 1.54) is 18.2 Å². The molecule has 0 saturated carbocycles.